The first kappa shape index (κ1) is 10.3. The maximum Gasteiger partial charge on any atom is 0.331 e. The van der Waals surface area contributed by atoms with Gasteiger partial charge in [0, 0.05) is 6.92 Å². The maximum absolute atomic E-state index is 10.9. The third-order valence-electron chi connectivity index (χ3n) is 1.40. The number of nitro groups is 2. The van der Waals surface area contributed by atoms with E-state index in [1.54, 1.807) is 0 Å². The Hall–Kier alpha value is -1.83. The zero-order valence-electron chi connectivity index (χ0n) is 6.92. The molecule has 1 aromatic heterocycles. The average Bonchev–Trinajstić information content (AvgIpc) is 2.47. The Bertz CT molecular complexity index is 392. The van der Waals surface area contributed by atoms with Gasteiger partial charge in [-0.3, -0.25) is 25.0 Å². The van der Waals surface area contributed by atoms with E-state index in [9.17, 15) is 25.0 Å². The van der Waals surface area contributed by atoms with Crippen LogP contribution in [0.3, 0.4) is 0 Å². The van der Waals surface area contributed by atoms with Crippen LogP contribution < -0.4 is 0 Å². The van der Waals surface area contributed by atoms with E-state index in [1.165, 1.54) is 0 Å². The van der Waals surface area contributed by atoms with Crippen LogP contribution in [0.4, 0.5) is 10.7 Å². The van der Waals surface area contributed by atoms with Gasteiger partial charge in [0.2, 0.25) is 0 Å². The summed E-state index contributed by atoms with van der Waals surface area (Å²) in [6, 6.07) is 0.793. The van der Waals surface area contributed by atoms with Gasteiger partial charge in [-0.1, -0.05) is 11.3 Å². The number of hydrogen-bond donors (Lipinski definition) is 0. The molecule has 0 amide bonds. The number of thiophene rings is 1. The standard InChI is InChI=1S/C6H4N2O5S/c1-3(9)6-4(7(10)11)2-5(14-6)8(12)13/h2H,1H3. The van der Waals surface area contributed by atoms with Crippen LogP contribution >= 0.6 is 11.3 Å². The molecule has 0 spiro atoms. The summed E-state index contributed by atoms with van der Waals surface area (Å²) in [6.07, 6.45) is 0. The van der Waals surface area contributed by atoms with Gasteiger partial charge in [-0.2, -0.15) is 0 Å². The molecule has 14 heavy (non-hydrogen) atoms. The molecule has 8 heteroatoms. The Balaban J connectivity index is 3.33. The van der Waals surface area contributed by atoms with E-state index in [1.807, 2.05) is 0 Å². The molecule has 0 aliphatic carbocycles. The van der Waals surface area contributed by atoms with Gasteiger partial charge in [0.1, 0.15) is 6.07 Å². The van der Waals surface area contributed by atoms with E-state index in [4.69, 9.17) is 0 Å². The average molecular weight is 216 g/mol. The van der Waals surface area contributed by atoms with E-state index < -0.39 is 26.3 Å². The first-order valence-electron chi connectivity index (χ1n) is 3.37. The summed E-state index contributed by atoms with van der Waals surface area (Å²) >= 11 is 0.514. The molecule has 0 saturated heterocycles. The molecule has 0 radical (unpaired) electrons. The van der Waals surface area contributed by atoms with Crippen molar-refractivity contribution in [2.75, 3.05) is 0 Å². The molecule has 1 heterocycles. The highest BCUT2D eigenvalue weighted by Crippen LogP contribution is 2.34. The predicted octanol–water partition coefficient (Wildman–Crippen LogP) is 1.77. The van der Waals surface area contributed by atoms with Gasteiger partial charge >= 0.3 is 5.00 Å². The fraction of sp³-hybridized carbons (Fsp3) is 0.167. The normalized spacial score (nSPS) is 9.79. The smallest absolute Gasteiger partial charge is 0.293 e. The van der Waals surface area contributed by atoms with Crippen molar-refractivity contribution in [2.45, 2.75) is 6.92 Å². The Labute approximate surface area is 81.3 Å². The number of rotatable bonds is 3. The Morgan fingerprint density at radius 2 is 1.93 bits per heavy atom. The van der Waals surface area contributed by atoms with E-state index in [-0.39, 0.29) is 4.88 Å². The van der Waals surface area contributed by atoms with Crippen LogP contribution in [-0.2, 0) is 0 Å². The van der Waals surface area contributed by atoms with Crippen molar-refractivity contribution in [1.82, 2.24) is 0 Å². The molecule has 0 N–H and O–H groups in total. The van der Waals surface area contributed by atoms with Gasteiger partial charge in [0.25, 0.3) is 5.69 Å². The molecule has 74 valence electrons. The number of carbonyl (C=O) groups is 1. The first-order valence-corrected chi connectivity index (χ1v) is 4.18. The second kappa shape index (κ2) is 3.50. The molecule has 0 bridgehead atoms. The second-order valence-electron chi connectivity index (χ2n) is 2.37. The van der Waals surface area contributed by atoms with Crippen molar-refractivity contribution in [1.29, 1.82) is 0 Å². The number of ketones is 1. The van der Waals surface area contributed by atoms with Gasteiger partial charge in [-0.05, 0) is 0 Å². The molecule has 0 aromatic carbocycles. The SMILES string of the molecule is CC(=O)c1sc([N+](=O)[O-])cc1[N+](=O)[O-]. The summed E-state index contributed by atoms with van der Waals surface area (Å²) in [4.78, 5) is 29.8. The van der Waals surface area contributed by atoms with Crippen LogP contribution in [0, 0.1) is 20.2 Å². The van der Waals surface area contributed by atoms with Crippen LogP contribution in [0.25, 0.3) is 0 Å². The van der Waals surface area contributed by atoms with Crippen molar-refractivity contribution in [3.05, 3.63) is 31.2 Å². The van der Waals surface area contributed by atoms with Gasteiger partial charge in [-0.15, -0.1) is 0 Å². The molecule has 0 fully saturated rings. The van der Waals surface area contributed by atoms with Gasteiger partial charge in [-0.25, -0.2) is 0 Å². The van der Waals surface area contributed by atoms with Crippen molar-refractivity contribution in [3.8, 4) is 0 Å². The molecule has 1 rings (SSSR count). The Morgan fingerprint density at radius 1 is 1.36 bits per heavy atom. The van der Waals surface area contributed by atoms with Gasteiger partial charge in [0.05, 0.1) is 9.85 Å². The van der Waals surface area contributed by atoms with Crippen LogP contribution in [0.5, 0.6) is 0 Å². The van der Waals surface area contributed by atoms with Crippen molar-refractivity contribution in [3.63, 3.8) is 0 Å². The summed E-state index contributed by atoms with van der Waals surface area (Å²) < 4.78 is 0. The zero-order chi connectivity index (χ0) is 10.9. The van der Waals surface area contributed by atoms with E-state index in [2.05, 4.69) is 0 Å². The highest BCUT2D eigenvalue weighted by molar-refractivity contribution is 7.17. The number of Topliss-reactive ketones (excluding diaryl/α,β-unsaturated/α-hetero) is 1. The lowest BCUT2D eigenvalue weighted by Gasteiger charge is -1.87. The van der Waals surface area contributed by atoms with E-state index in [0.717, 1.165) is 13.0 Å². The van der Waals surface area contributed by atoms with Crippen LogP contribution in [0.2, 0.25) is 0 Å². The Kier molecular flexibility index (Phi) is 2.56. The Morgan fingerprint density at radius 3 is 2.21 bits per heavy atom. The lowest BCUT2D eigenvalue weighted by Crippen LogP contribution is -1.94. The minimum Gasteiger partial charge on any atom is -0.293 e. The fourth-order valence-electron chi connectivity index (χ4n) is 0.847. The molecule has 0 unspecified atom stereocenters. The quantitative estimate of drug-likeness (QED) is 0.435. The van der Waals surface area contributed by atoms with Crippen molar-refractivity contribution in [2.24, 2.45) is 0 Å². The fourth-order valence-corrected chi connectivity index (χ4v) is 1.68. The molecule has 0 saturated carbocycles. The summed E-state index contributed by atoms with van der Waals surface area (Å²) in [5.74, 6) is -0.546. The molecular formula is C6H4N2O5S. The van der Waals surface area contributed by atoms with Crippen molar-refractivity contribution >= 4 is 27.8 Å². The molecule has 0 atom stereocenters. The summed E-state index contributed by atoms with van der Waals surface area (Å²) in [7, 11) is 0. The first-order chi connectivity index (χ1) is 6.43. The van der Waals surface area contributed by atoms with Crippen LogP contribution in [0.1, 0.15) is 16.6 Å². The molecule has 7 nitrogen and oxygen atoms in total. The topological polar surface area (TPSA) is 103 Å². The lowest BCUT2D eigenvalue weighted by atomic mass is 10.3. The van der Waals surface area contributed by atoms with Gasteiger partial charge < -0.3 is 0 Å². The monoisotopic (exact) mass is 216 g/mol. The maximum atomic E-state index is 10.9. The predicted molar refractivity (Wildman–Crippen MR) is 47.6 cm³/mol. The lowest BCUT2D eigenvalue weighted by molar-refractivity contribution is -0.390. The third-order valence-corrected chi connectivity index (χ3v) is 2.57. The summed E-state index contributed by atoms with van der Waals surface area (Å²) in [6.45, 7) is 1.13. The molecular weight excluding hydrogens is 212 g/mol. The summed E-state index contributed by atoms with van der Waals surface area (Å²) in [5, 5.41) is 20.3. The minimum absolute atomic E-state index is 0.193. The van der Waals surface area contributed by atoms with Crippen LogP contribution in [-0.4, -0.2) is 15.6 Å². The van der Waals surface area contributed by atoms with E-state index in [0.29, 0.717) is 11.3 Å². The number of nitrogens with zero attached hydrogens (tertiary/aromatic N) is 2. The molecule has 0 aliphatic rings. The second-order valence-corrected chi connectivity index (χ2v) is 3.40. The van der Waals surface area contributed by atoms with Gasteiger partial charge in [0.15, 0.2) is 10.7 Å². The third kappa shape index (κ3) is 1.74. The van der Waals surface area contributed by atoms with Crippen LogP contribution in [0.15, 0.2) is 6.07 Å². The highest BCUT2D eigenvalue weighted by Gasteiger charge is 2.27. The summed E-state index contributed by atoms with van der Waals surface area (Å²) in [5.41, 5.74) is -0.505. The zero-order valence-corrected chi connectivity index (χ0v) is 7.74. The minimum atomic E-state index is -0.805. The molecule has 1 aromatic rings. The van der Waals surface area contributed by atoms with Crippen molar-refractivity contribution < 1.29 is 14.6 Å². The largest absolute Gasteiger partial charge is 0.331 e. The van der Waals surface area contributed by atoms with E-state index >= 15 is 0 Å². The molecule has 0 aliphatic heterocycles. The highest BCUT2D eigenvalue weighted by atomic mass is 32.1. The number of hydrogen-bond acceptors (Lipinski definition) is 6. The number of carbonyl (C=O) groups excluding carboxylic acids is 1.